The molecule has 0 N–H and O–H groups in total. The Morgan fingerprint density at radius 3 is 1.91 bits per heavy atom. The molecule has 0 heterocycles. The quantitative estimate of drug-likeness (QED) is 0.599. The second-order valence-electron chi connectivity index (χ2n) is 7.68. The van der Waals surface area contributed by atoms with Gasteiger partial charge in [-0.15, -0.1) is 0 Å². The summed E-state index contributed by atoms with van der Waals surface area (Å²) in [7, 11) is 0. The second kappa shape index (κ2) is 6.11. The standard InChI is InChI=1S/C22H25F/c23-21-8-6-18(7-9-21)20-12-15-22(16-20)13-10-19(11-14-22)17-4-2-1-3-5-17/h1-9,19-20H,10-16H2. The molecule has 23 heavy (non-hydrogen) atoms. The molecule has 1 atom stereocenters. The highest BCUT2D eigenvalue weighted by Crippen LogP contribution is 2.56. The fourth-order valence-electron chi connectivity index (χ4n) is 4.97. The molecule has 0 bridgehead atoms. The minimum atomic E-state index is -0.121. The van der Waals surface area contributed by atoms with Crippen molar-refractivity contribution >= 4 is 0 Å². The summed E-state index contributed by atoms with van der Waals surface area (Å²) < 4.78 is 13.1. The largest absolute Gasteiger partial charge is 0.207 e. The lowest BCUT2D eigenvalue weighted by molar-refractivity contribution is 0.179. The molecule has 120 valence electrons. The van der Waals surface area contributed by atoms with Gasteiger partial charge in [0.2, 0.25) is 0 Å². The van der Waals surface area contributed by atoms with E-state index in [4.69, 9.17) is 0 Å². The van der Waals surface area contributed by atoms with Gasteiger partial charge < -0.3 is 0 Å². The first-order valence-corrected chi connectivity index (χ1v) is 9.05. The average molecular weight is 308 g/mol. The Labute approximate surface area is 138 Å². The van der Waals surface area contributed by atoms with Crippen LogP contribution in [-0.4, -0.2) is 0 Å². The van der Waals surface area contributed by atoms with Gasteiger partial charge in [-0.05, 0) is 85.5 Å². The van der Waals surface area contributed by atoms with Gasteiger partial charge in [0.15, 0.2) is 0 Å². The van der Waals surface area contributed by atoms with E-state index in [1.54, 1.807) is 12.1 Å². The average Bonchev–Trinajstić information content (AvgIpc) is 3.01. The minimum Gasteiger partial charge on any atom is -0.207 e. The van der Waals surface area contributed by atoms with Crippen LogP contribution in [-0.2, 0) is 0 Å². The molecule has 1 heteroatoms. The van der Waals surface area contributed by atoms with Crippen molar-refractivity contribution in [3.63, 3.8) is 0 Å². The van der Waals surface area contributed by atoms with Crippen LogP contribution in [0.5, 0.6) is 0 Å². The van der Waals surface area contributed by atoms with Crippen molar-refractivity contribution < 1.29 is 4.39 Å². The Hall–Kier alpha value is -1.63. The van der Waals surface area contributed by atoms with E-state index in [9.17, 15) is 4.39 Å². The monoisotopic (exact) mass is 308 g/mol. The van der Waals surface area contributed by atoms with Crippen molar-refractivity contribution in [2.75, 3.05) is 0 Å². The van der Waals surface area contributed by atoms with E-state index in [0.29, 0.717) is 11.3 Å². The summed E-state index contributed by atoms with van der Waals surface area (Å²) >= 11 is 0. The summed E-state index contributed by atoms with van der Waals surface area (Å²) in [6.07, 6.45) is 9.34. The molecular formula is C22H25F. The van der Waals surface area contributed by atoms with Crippen molar-refractivity contribution in [2.24, 2.45) is 5.41 Å². The molecule has 2 saturated carbocycles. The lowest BCUT2D eigenvalue weighted by Crippen LogP contribution is -2.24. The van der Waals surface area contributed by atoms with Crippen molar-refractivity contribution in [1.29, 1.82) is 0 Å². The molecule has 2 aromatic carbocycles. The molecule has 2 aliphatic carbocycles. The van der Waals surface area contributed by atoms with Gasteiger partial charge in [-0.25, -0.2) is 4.39 Å². The maximum atomic E-state index is 13.1. The number of hydrogen-bond acceptors (Lipinski definition) is 0. The van der Waals surface area contributed by atoms with E-state index in [2.05, 4.69) is 30.3 Å². The molecule has 2 aromatic rings. The first-order chi connectivity index (χ1) is 11.2. The third-order valence-corrected chi connectivity index (χ3v) is 6.36. The predicted octanol–water partition coefficient (Wildman–Crippen LogP) is 6.44. The van der Waals surface area contributed by atoms with Crippen LogP contribution in [0, 0.1) is 11.2 Å². The van der Waals surface area contributed by atoms with Gasteiger partial charge in [-0.2, -0.15) is 0 Å². The molecule has 0 amide bonds. The third kappa shape index (κ3) is 3.06. The molecule has 2 aliphatic rings. The van der Waals surface area contributed by atoms with Gasteiger partial charge in [-0.1, -0.05) is 42.5 Å². The van der Waals surface area contributed by atoms with E-state index >= 15 is 0 Å². The zero-order chi connectivity index (χ0) is 15.7. The van der Waals surface area contributed by atoms with E-state index in [1.807, 2.05) is 12.1 Å². The lowest BCUT2D eigenvalue weighted by atomic mass is 9.67. The maximum absolute atomic E-state index is 13.1. The van der Waals surface area contributed by atoms with Gasteiger partial charge in [0.1, 0.15) is 5.82 Å². The molecule has 0 saturated heterocycles. The number of halogens is 1. The van der Waals surface area contributed by atoms with E-state index in [0.717, 1.165) is 5.92 Å². The van der Waals surface area contributed by atoms with Gasteiger partial charge in [-0.3, -0.25) is 0 Å². The van der Waals surface area contributed by atoms with Crippen LogP contribution >= 0.6 is 0 Å². The fraction of sp³-hybridized carbons (Fsp3) is 0.455. The van der Waals surface area contributed by atoms with Crippen molar-refractivity contribution in [3.8, 4) is 0 Å². The zero-order valence-electron chi connectivity index (χ0n) is 13.7. The van der Waals surface area contributed by atoms with Crippen LogP contribution < -0.4 is 0 Å². The van der Waals surface area contributed by atoms with E-state index < -0.39 is 0 Å². The number of hydrogen-bond donors (Lipinski definition) is 0. The fourth-order valence-corrected chi connectivity index (χ4v) is 4.97. The van der Waals surface area contributed by atoms with Crippen LogP contribution in [0.15, 0.2) is 54.6 Å². The highest BCUT2D eigenvalue weighted by Gasteiger charge is 2.42. The van der Waals surface area contributed by atoms with Crippen LogP contribution in [0.4, 0.5) is 4.39 Å². The Morgan fingerprint density at radius 1 is 0.696 bits per heavy atom. The molecule has 1 unspecified atom stereocenters. The zero-order valence-corrected chi connectivity index (χ0v) is 13.7. The first kappa shape index (κ1) is 14.9. The molecule has 0 aromatic heterocycles. The molecule has 0 nitrogen and oxygen atoms in total. The van der Waals surface area contributed by atoms with Crippen molar-refractivity contribution in [3.05, 3.63) is 71.5 Å². The highest BCUT2D eigenvalue weighted by molar-refractivity contribution is 5.24. The Morgan fingerprint density at radius 2 is 1.26 bits per heavy atom. The number of benzene rings is 2. The van der Waals surface area contributed by atoms with Gasteiger partial charge >= 0.3 is 0 Å². The summed E-state index contributed by atoms with van der Waals surface area (Å²) in [5, 5.41) is 0. The molecule has 0 radical (unpaired) electrons. The summed E-state index contributed by atoms with van der Waals surface area (Å²) in [6, 6.07) is 18.2. The van der Waals surface area contributed by atoms with Gasteiger partial charge in [0.05, 0.1) is 0 Å². The van der Waals surface area contributed by atoms with Gasteiger partial charge in [0.25, 0.3) is 0 Å². The normalized spacial score (nSPS) is 30.7. The minimum absolute atomic E-state index is 0.121. The van der Waals surface area contributed by atoms with Crippen LogP contribution in [0.2, 0.25) is 0 Å². The Balaban J connectivity index is 1.41. The SMILES string of the molecule is Fc1ccc(C2CCC3(CCC(c4ccccc4)CC3)C2)cc1. The van der Waals surface area contributed by atoms with Crippen molar-refractivity contribution in [2.45, 2.75) is 56.8 Å². The highest BCUT2D eigenvalue weighted by atomic mass is 19.1. The maximum Gasteiger partial charge on any atom is 0.123 e. The van der Waals surface area contributed by atoms with Gasteiger partial charge in [0, 0.05) is 0 Å². The summed E-state index contributed by atoms with van der Waals surface area (Å²) in [5.41, 5.74) is 3.42. The molecule has 0 aliphatic heterocycles. The second-order valence-corrected chi connectivity index (χ2v) is 7.68. The molecular weight excluding hydrogens is 283 g/mol. The molecule has 4 rings (SSSR count). The first-order valence-electron chi connectivity index (χ1n) is 9.05. The Kier molecular flexibility index (Phi) is 3.97. The Bertz CT molecular complexity index is 635. The van der Waals surface area contributed by atoms with Crippen molar-refractivity contribution in [1.82, 2.24) is 0 Å². The molecule has 1 spiro atoms. The summed E-state index contributed by atoms with van der Waals surface area (Å²) in [5.74, 6) is 1.28. The van der Waals surface area contributed by atoms with Crippen LogP contribution in [0.1, 0.15) is 67.9 Å². The summed E-state index contributed by atoms with van der Waals surface area (Å²) in [6.45, 7) is 0. The lowest BCUT2D eigenvalue weighted by Gasteiger charge is -2.38. The number of rotatable bonds is 2. The van der Waals surface area contributed by atoms with E-state index in [-0.39, 0.29) is 5.82 Å². The topological polar surface area (TPSA) is 0 Å². The van der Waals surface area contributed by atoms with Crippen LogP contribution in [0.3, 0.4) is 0 Å². The van der Waals surface area contributed by atoms with Crippen LogP contribution in [0.25, 0.3) is 0 Å². The smallest absolute Gasteiger partial charge is 0.123 e. The predicted molar refractivity (Wildman–Crippen MR) is 93.1 cm³/mol. The summed E-state index contributed by atoms with van der Waals surface area (Å²) in [4.78, 5) is 0. The third-order valence-electron chi connectivity index (χ3n) is 6.36. The van der Waals surface area contributed by atoms with E-state index in [1.165, 1.54) is 56.1 Å². The molecule has 2 fully saturated rings.